The van der Waals surface area contributed by atoms with Crippen molar-refractivity contribution in [2.45, 2.75) is 99.2 Å². The number of methoxy groups -OCH3 is 2. The molecule has 6 aliphatic heterocycles. The third kappa shape index (κ3) is 4.54. The number of epoxide rings is 1. The number of nitrogens with zero attached hydrogens (tertiary/aromatic N) is 2. The van der Waals surface area contributed by atoms with Gasteiger partial charge in [0.2, 0.25) is 5.60 Å². The molecule has 58 heavy (non-hydrogen) atoms. The van der Waals surface area contributed by atoms with Crippen LogP contribution in [0.5, 0.6) is 5.75 Å². The number of aliphatic hydroxyl groups is 1. The highest BCUT2D eigenvalue weighted by Gasteiger charge is 2.79. The summed E-state index contributed by atoms with van der Waals surface area (Å²) in [5.74, 6) is -2.56. The zero-order valence-corrected chi connectivity index (χ0v) is 34.3. The van der Waals surface area contributed by atoms with E-state index in [4.69, 9.17) is 30.5 Å². The Hall–Kier alpha value is -4.14. The molecule has 13 nitrogen and oxygen atoms in total. The Labute approximate surface area is 341 Å². The van der Waals surface area contributed by atoms with Crippen molar-refractivity contribution in [1.82, 2.24) is 14.8 Å². The van der Waals surface area contributed by atoms with Crippen molar-refractivity contribution < 1.29 is 43.5 Å². The van der Waals surface area contributed by atoms with Gasteiger partial charge in [-0.15, -0.1) is 0 Å². The minimum absolute atomic E-state index is 0.0453. The zero-order valence-electron chi connectivity index (χ0n) is 33.5. The van der Waals surface area contributed by atoms with Crippen molar-refractivity contribution in [3.05, 3.63) is 69.9 Å². The van der Waals surface area contributed by atoms with Crippen LogP contribution in [-0.4, -0.2) is 125 Å². The molecule has 11 atom stereocenters. The average molecular weight is 815 g/mol. The standard InChI is InChI=1S/C44H51ClN4O9/c1-6-40-14-10-16-49-18-15-42(36(40)49)27-19-28(32(51)30(45)31(27)47-35(42)44(54,39(53)56-5)37(40)57-23(3)50)43(38(52)55-4)20-24-21-48(22-41(7-2)34(24)58-41)17-13-26-25-11-8-9-12-29(25)46-33(26)43/h8-12,14,19,24,34-37,46-47,51,54H,6-7,13,15-18,20-22H2,1-5H3/t24-,34?,35-,36-,37-,40-,41-,42+,43+,44+/m1/s1. The van der Waals surface area contributed by atoms with Crippen LogP contribution in [0.2, 0.25) is 5.02 Å². The van der Waals surface area contributed by atoms with Crippen molar-refractivity contribution >= 4 is 46.1 Å². The Bertz CT molecular complexity index is 2310. The number of esters is 3. The van der Waals surface area contributed by atoms with Crippen molar-refractivity contribution in [1.29, 1.82) is 0 Å². The number of carbonyl (C=O) groups excluding carboxylic acids is 3. The van der Waals surface area contributed by atoms with E-state index >= 15 is 4.79 Å². The molecule has 10 rings (SSSR count). The molecule has 4 N–H and O–H groups in total. The first kappa shape index (κ1) is 38.1. The first-order chi connectivity index (χ1) is 27.8. The topological polar surface area (TPSA) is 166 Å². The maximum atomic E-state index is 15.2. The fraction of sp³-hybridized carbons (Fsp3) is 0.568. The van der Waals surface area contributed by atoms with Crippen LogP contribution in [0, 0.1) is 11.3 Å². The smallest absolute Gasteiger partial charge is 0.344 e. The molecule has 3 saturated heterocycles. The van der Waals surface area contributed by atoms with Gasteiger partial charge in [-0.05, 0) is 61.9 Å². The number of fused-ring (bicyclic) bond motifs is 8. The summed E-state index contributed by atoms with van der Waals surface area (Å²) >= 11 is 7.42. The van der Waals surface area contributed by atoms with E-state index < -0.39 is 57.9 Å². The van der Waals surface area contributed by atoms with Gasteiger partial charge in [0.05, 0.1) is 32.1 Å². The lowest BCUT2D eigenvalue weighted by Crippen LogP contribution is -2.80. The number of piperidine rings is 1. The van der Waals surface area contributed by atoms with E-state index in [-0.39, 0.29) is 40.4 Å². The molecule has 4 fully saturated rings. The molecule has 7 aliphatic rings. The van der Waals surface area contributed by atoms with Crippen LogP contribution in [0.4, 0.5) is 5.69 Å². The molecular formula is C44H51ClN4O9. The van der Waals surface area contributed by atoms with E-state index in [1.165, 1.54) is 21.1 Å². The number of carbonyl (C=O) groups is 3. The quantitative estimate of drug-likeness (QED) is 0.121. The number of phenols is 1. The first-order valence-corrected chi connectivity index (χ1v) is 21.0. The summed E-state index contributed by atoms with van der Waals surface area (Å²) in [6.07, 6.45) is 5.20. The largest absolute Gasteiger partial charge is 0.506 e. The number of phenolic OH excluding ortho intramolecular Hbond substituents is 1. The lowest BCUT2D eigenvalue weighted by molar-refractivity contribution is -0.226. The molecule has 1 aromatic heterocycles. The number of rotatable bonds is 6. The Balaban J connectivity index is 1.27. The molecule has 14 heteroatoms. The summed E-state index contributed by atoms with van der Waals surface area (Å²) in [6.45, 7) is 8.84. The normalized spacial score (nSPS) is 39.1. The Morgan fingerprint density at radius 1 is 1.07 bits per heavy atom. The number of ether oxygens (including phenoxy) is 4. The van der Waals surface area contributed by atoms with E-state index in [0.29, 0.717) is 55.8 Å². The Morgan fingerprint density at radius 2 is 1.84 bits per heavy atom. The fourth-order valence-corrected chi connectivity index (χ4v) is 13.5. The molecule has 2 aromatic carbocycles. The van der Waals surface area contributed by atoms with Crippen molar-refractivity contribution in [2.24, 2.45) is 11.3 Å². The van der Waals surface area contributed by atoms with Crippen LogP contribution in [0.25, 0.3) is 10.9 Å². The monoisotopic (exact) mass is 814 g/mol. The number of para-hydroxylation sites is 1. The number of hydrogen-bond donors (Lipinski definition) is 4. The number of nitrogens with one attached hydrogen (secondary N) is 2. The second-order valence-corrected chi connectivity index (χ2v) is 18.2. The number of anilines is 1. The molecule has 0 radical (unpaired) electrons. The molecule has 308 valence electrons. The molecule has 1 saturated carbocycles. The Morgan fingerprint density at radius 3 is 2.57 bits per heavy atom. The lowest BCUT2D eigenvalue weighted by atomic mass is 9.47. The summed E-state index contributed by atoms with van der Waals surface area (Å²) in [7, 11) is 2.59. The van der Waals surface area contributed by atoms with E-state index in [1.54, 1.807) is 0 Å². The van der Waals surface area contributed by atoms with Gasteiger partial charge in [-0.3, -0.25) is 19.4 Å². The van der Waals surface area contributed by atoms with Crippen molar-refractivity contribution in [2.75, 3.05) is 52.3 Å². The summed E-state index contributed by atoms with van der Waals surface area (Å²) < 4.78 is 23.8. The summed E-state index contributed by atoms with van der Waals surface area (Å²) in [5, 5.41) is 30.2. The second kappa shape index (κ2) is 12.7. The van der Waals surface area contributed by atoms with E-state index in [1.807, 2.05) is 43.3 Å². The highest BCUT2D eigenvalue weighted by atomic mass is 35.5. The summed E-state index contributed by atoms with van der Waals surface area (Å²) in [4.78, 5) is 50.8. The van der Waals surface area contributed by atoms with Gasteiger partial charge < -0.3 is 39.5 Å². The van der Waals surface area contributed by atoms with Crippen LogP contribution < -0.4 is 5.32 Å². The number of H-pyrrole nitrogens is 1. The van der Waals surface area contributed by atoms with E-state index in [2.05, 4.69) is 33.1 Å². The molecule has 1 aliphatic carbocycles. The van der Waals surface area contributed by atoms with Crippen LogP contribution in [0.1, 0.15) is 68.8 Å². The number of aromatic amines is 1. The zero-order chi connectivity index (χ0) is 40.7. The van der Waals surface area contributed by atoms with E-state index in [0.717, 1.165) is 36.0 Å². The van der Waals surface area contributed by atoms with Gasteiger partial charge in [-0.25, -0.2) is 4.79 Å². The minimum atomic E-state index is -2.40. The number of aromatic nitrogens is 1. The predicted molar refractivity (Wildman–Crippen MR) is 214 cm³/mol. The molecule has 7 heterocycles. The fourth-order valence-electron chi connectivity index (χ4n) is 13.3. The third-order valence-corrected chi connectivity index (χ3v) is 15.9. The SMILES string of the molecule is CC[C@@]12CN3CCc4c([nH]c5ccccc45)[C@@](C(=O)OC)(c4cc5c(c(Cl)c4O)N[C@H]4[C@@](O)(C(=O)OC)[C@H](OC(C)=O)[C@]6(CC)C=CCN7CC[C@]54[C@H]76)C[C@H](C3)C1O2. The maximum Gasteiger partial charge on any atom is 0.344 e. The Kier molecular flexibility index (Phi) is 8.33. The predicted octanol–water partition coefficient (Wildman–Crippen LogP) is 4.33. The van der Waals surface area contributed by atoms with Crippen LogP contribution in [0.3, 0.4) is 0 Å². The maximum absolute atomic E-state index is 15.2. The van der Waals surface area contributed by atoms with Gasteiger partial charge in [0.1, 0.15) is 21.8 Å². The highest BCUT2D eigenvalue weighted by molar-refractivity contribution is 6.35. The molecule has 1 spiro atoms. The van der Waals surface area contributed by atoms with Gasteiger partial charge in [0.15, 0.2) is 6.10 Å². The number of halogens is 1. The lowest BCUT2D eigenvalue weighted by Gasteiger charge is -2.62. The van der Waals surface area contributed by atoms with E-state index in [9.17, 15) is 19.8 Å². The third-order valence-electron chi connectivity index (χ3n) is 15.5. The van der Waals surface area contributed by atoms with Crippen molar-refractivity contribution in [3.63, 3.8) is 0 Å². The molecule has 2 bridgehead atoms. The van der Waals surface area contributed by atoms with Gasteiger partial charge in [0.25, 0.3) is 0 Å². The number of hydrogen-bond acceptors (Lipinski definition) is 12. The van der Waals surface area contributed by atoms with Crippen LogP contribution in [0.15, 0.2) is 42.5 Å². The summed E-state index contributed by atoms with van der Waals surface area (Å²) in [5.41, 5.74) is -2.63. The molecule has 3 aromatic rings. The van der Waals surface area contributed by atoms with Gasteiger partial charge in [-0.2, -0.15) is 0 Å². The molecular weight excluding hydrogens is 764 g/mol. The minimum Gasteiger partial charge on any atom is -0.506 e. The highest BCUT2D eigenvalue weighted by Crippen LogP contribution is 2.68. The van der Waals surface area contributed by atoms with Crippen LogP contribution >= 0.6 is 11.6 Å². The molecule has 2 unspecified atom stereocenters. The second-order valence-electron chi connectivity index (χ2n) is 17.8. The summed E-state index contributed by atoms with van der Waals surface area (Å²) in [6, 6.07) is 8.40. The van der Waals surface area contributed by atoms with Crippen LogP contribution in [-0.2, 0) is 50.6 Å². The first-order valence-electron chi connectivity index (χ1n) is 20.6. The van der Waals surface area contributed by atoms with Gasteiger partial charge in [-0.1, -0.05) is 55.8 Å². The average Bonchev–Trinajstić information content (AvgIpc) is 3.46. The van der Waals surface area contributed by atoms with Gasteiger partial charge >= 0.3 is 17.9 Å². The van der Waals surface area contributed by atoms with Crippen molar-refractivity contribution in [3.8, 4) is 5.75 Å². The van der Waals surface area contributed by atoms with Gasteiger partial charge in [0, 0.05) is 78.1 Å². The number of benzene rings is 2. The molecule has 0 amide bonds. The number of aromatic hydroxyl groups is 1.